The van der Waals surface area contributed by atoms with Crippen molar-refractivity contribution in [3.63, 3.8) is 0 Å². The summed E-state index contributed by atoms with van der Waals surface area (Å²) in [7, 11) is 1.63. The lowest BCUT2D eigenvalue weighted by molar-refractivity contribution is -0.128. The monoisotopic (exact) mass is 487 g/mol. The largest absolute Gasteiger partial charge is 0.497 e. The molecule has 2 atom stereocenters. The van der Waals surface area contributed by atoms with E-state index in [-0.39, 0.29) is 18.5 Å². The number of alkyl carbamates (subject to hydrolysis) is 1. The zero-order valence-electron chi connectivity index (χ0n) is 21.4. The maximum absolute atomic E-state index is 12.3. The number of hydrogen-bond donors (Lipinski definition) is 4. The van der Waals surface area contributed by atoms with Gasteiger partial charge in [-0.3, -0.25) is 14.6 Å². The van der Waals surface area contributed by atoms with Crippen molar-refractivity contribution >= 4 is 34.5 Å². The van der Waals surface area contributed by atoms with Crippen molar-refractivity contribution in [1.82, 2.24) is 20.9 Å². The van der Waals surface area contributed by atoms with Crippen LogP contribution in [0.1, 0.15) is 47.5 Å². The number of aromatic nitrogens is 1. The highest BCUT2D eigenvalue weighted by atomic mass is 16.6. The Hall–Kier alpha value is -3.56. The molecule has 1 aromatic carbocycles. The fourth-order valence-electron chi connectivity index (χ4n) is 3.33. The minimum Gasteiger partial charge on any atom is -0.497 e. The number of hydrogen-bond acceptors (Lipinski definition) is 7. The molecular formula is C25H37N5O5. The van der Waals surface area contributed by atoms with E-state index in [1.807, 2.05) is 24.3 Å². The fourth-order valence-corrected chi connectivity index (χ4v) is 3.33. The van der Waals surface area contributed by atoms with E-state index in [1.165, 1.54) is 0 Å². The average molecular weight is 488 g/mol. The maximum atomic E-state index is 12.3. The van der Waals surface area contributed by atoms with Crippen LogP contribution in [0.2, 0.25) is 0 Å². The summed E-state index contributed by atoms with van der Waals surface area (Å²) in [6, 6.07) is 7.16. The highest BCUT2D eigenvalue weighted by Gasteiger charge is 2.19. The van der Waals surface area contributed by atoms with E-state index in [0.29, 0.717) is 6.54 Å². The van der Waals surface area contributed by atoms with Crippen LogP contribution in [0, 0.1) is 0 Å². The molecule has 2 aromatic rings. The summed E-state index contributed by atoms with van der Waals surface area (Å²) in [6.07, 6.45) is 2.63. The van der Waals surface area contributed by atoms with Crippen molar-refractivity contribution < 1.29 is 23.9 Å². The van der Waals surface area contributed by atoms with Gasteiger partial charge < -0.3 is 30.7 Å². The highest BCUT2D eigenvalue weighted by molar-refractivity contribution is 5.92. The first kappa shape index (κ1) is 27.7. The Labute approximate surface area is 206 Å². The van der Waals surface area contributed by atoms with Crippen LogP contribution in [0.3, 0.4) is 0 Å². The second-order valence-corrected chi connectivity index (χ2v) is 9.37. The molecular weight excluding hydrogens is 450 g/mol. The molecule has 35 heavy (non-hydrogen) atoms. The first-order valence-electron chi connectivity index (χ1n) is 11.7. The molecule has 0 aliphatic rings. The van der Waals surface area contributed by atoms with E-state index in [2.05, 4.69) is 33.2 Å². The third-order valence-electron chi connectivity index (χ3n) is 4.99. The van der Waals surface area contributed by atoms with Crippen LogP contribution in [-0.4, -0.2) is 60.8 Å². The van der Waals surface area contributed by atoms with Crippen LogP contribution in [0.5, 0.6) is 5.75 Å². The molecule has 4 N–H and O–H groups in total. The van der Waals surface area contributed by atoms with E-state index in [0.717, 1.165) is 35.2 Å². The van der Waals surface area contributed by atoms with Gasteiger partial charge in [0.25, 0.3) is 0 Å². The molecule has 0 aliphatic heterocycles. The number of amides is 3. The summed E-state index contributed by atoms with van der Waals surface area (Å²) in [5.41, 5.74) is 1.12. The smallest absolute Gasteiger partial charge is 0.408 e. The normalized spacial score (nSPS) is 12.9. The van der Waals surface area contributed by atoms with Crippen molar-refractivity contribution in [3.05, 3.63) is 30.5 Å². The predicted octanol–water partition coefficient (Wildman–Crippen LogP) is 2.97. The van der Waals surface area contributed by atoms with Crippen LogP contribution in [-0.2, 0) is 14.3 Å². The molecule has 192 valence electrons. The summed E-state index contributed by atoms with van der Waals surface area (Å²) in [4.78, 5) is 40.3. The van der Waals surface area contributed by atoms with Gasteiger partial charge in [-0.2, -0.15) is 0 Å². The van der Waals surface area contributed by atoms with Gasteiger partial charge in [0, 0.05) is 30.2 Å². The molecule has 1 unspecified atom stereocenters. The van der Waals surface area contributed by atoms with Gasteiger partial charge >= 0.3 is 6.09 Å². The molecule has 0 fully saturated rings. The zero-order chi connectivity index (χ0) is 26.0. The number of anilines is 1. The molecule has 1 heterocycles. The Kier molecular flexibility index (Phi) is 10.1. The molecule has 0 bridgehead atoms. The molecule has 2 rings (SSSR count). The lowest BCUT2D eigenvalue weighted by Crippen LogP contribution is -2.48. The van der Waals surface area contributed by atoms with Gasteiger partial charge in [-0.25, -0.2) is 4.79 Å². The zero-order valence-corrected chi connectivity index (χ0v) is 21.4. The van der Waals surface area contributed by atoms with Crippen LogP contribution in [0.25, 0.3) is 10.9 Å². The minimum absolute atomic E-state index is 0.139. The third kappa shape index (κ3) is 9.68. The van der Waals surface area contributed by atoms with Gasteiger partial charge in [-0.15, -0.1) is 0 Å². The molecule has 0 saturated heterocycles. The highest BCUT2D eigenvalue weighted by Crippen LogP contribution is 2.28. The fraction of sp³-hybridized carbons (Fsp3) is 0.520. The molecule has 0 spiro atoms. The van der Waals surface area contributed by atoms with E-state index >= 15 is 0 Å². The summed E-state index contributed by atoms with van der Waals surface area (Å²) in [5, 5.41) is 12.2. The first-order valence-corrected chi connectivity index (χ1v) is 11.7. The number of carbonyl (C=O) groups excluding carboxylic acids is 3. The summed E-state index contributed by atoms with van der Waals surface area (Å²) < 4.78 is 10.5. The van der Waals surface area contributed by atoms with Crippen molar-refractivity contribution in [2.24, 2.45) is 0 Å². The number of pyridine rings is 1. The lowest BCUT2D eigenvalue weighted by atomic mass is 10.1. The topological polar surface area (TPSA) is 131 Å². The summed E-state index contributed by atoms with van der Waals surface area (Å²) >= 11 is 0. The van der Waals surface area contributed by atoms with E-state index < -0.39 is 23.6 Å². The molecule has 0 saturated carbocycles. The van der Waals surface area contributed by atoms with Crippen molar-refractivity contribution in [3.8, 4) is 5.75 Å². The molecule has 0 aliphatic carbocycles. The van der Waals surface area contributed by atoms with Crippen LogP contribution >= 0.6 is 0 Å². The number of carbonyl (C=O) groups is 3. The second kappa shape index (κ2) is 12.8. The van der Waals surface area contributed by atoms with Crippen LogP contribution < -0.4 is 26.0 Å². The van der Waals surface area contributed by atoms with E-state index in [1.54, 1.807) is 41.0 Å². The molecule has 3 amide bonds. The molecule has 10 nitrogen and oxygen atoms in total. The number of nitrogens with zero attached hydrogens (tertiary/aromatic N) is 1. The SMILES string of the molecule is COc1cc(NC(C)CCCNC(=O)[C@H](C)NC(=O)CNC(=O)OC(C)(C)C)c2ncccc2c1. The van der Waals surface area contributed by atoms with Crippen molar-refractivity contribution in [2.45, 2.75) is 65.1 Å². The Balaban J connectivity index is 1.71. The molecule has 10 heteroatoms. The number of ether oxygens (including phenoxy) is 2. The van der Waals surface area contributed by atoms with Gasteiger partial charge in [0.2, 0.25) is 11.8 Å². The predicted molar refractivity (Wildman–Crippen MR) is 135 cm³/mol. The molecule has 0 radical (unpaired) electrons. The average Bonchev–Trinajstić information content (AvgIpc) is 2.79. The number of nitrogens with one attached hydrogen (secondary N) is 4. The first-order chi connectivity index (χ1) is 16.5. The van der Waals surface area contributed by atoms with E-state index in [9.17, 15) is 14.4 Å². The van der Waals surface area contributed by atoms with Crippen LogP contribution in [0.4, 0.5) is 10.5 Å². The lowest BCUT2D eigenvalue weighted by Gasteiger charge is -2.20. The number of methoxy groups -OCH3 is 1. The quantitative estimate of drug-likeness (QED) is 0.359. The Morgan fingerprint density at radius 2 is 1.86 bits per heavy atom. The third-order valence-corrected chi connectivity index (χ3v) is 4.99. The number of benzene rings is 1. The van der Waals surface area contributed by atoms with Crippen molar-refractivity contribution in [1.29, 1.82) is 0 Å². The summed E-state index contributed by atoms with van der Waals surface area (Å²) in [6.45, 7) is 9.04. The summed E-state index contributed by atoms with van der Waals surface area (Å²) in [5.74, 6) is -0.0144. The van der Waals surface area contributed by atoms with Gasteiger partial charge in [-0.1, -0.05) is 6.07 Å². The van der Waals surface area contributed by atoms with Gasteiger partial charge in [0.05, 0.1) is 18.3 Å². The maximum Gasteiger partial charge on any atom is 0.408 e. The van der Waals surface area contributed by atoms with Gasteiger partial charge in [-0.05, 0) is 59.6 Å². The number of rotatable bonds is 11. The Bertz CT molecular complexity index is 1020. The standard InChI is InChI=1S/C25H37N5O5/c1-16(29-20-14-19(34-6)13-18-10-8-11-26-22(18)20)9-7-12-27-23(32)17(2)30-21(31)15-28-24(33)35-25(3,4)5/h8,10-11,13-14,16-17,29H,7,9,12,15H2,1-6H3,(H,27,32)(H,28,33)(H,30,31)/t16?,17-/m0/s1. The van der Waals surface area contributed by atoms with Crippen molar-refractivity contribution in [2.75, 3.05) is 25.5 Å². The minimum atomic E-state index is -0.729. The van der Waals surface area contributed by atoms with Gasteiger partial charge in [0.1, 0.15) is 23.9 Å². The van der Waals surface area contributed by atoms with E-state index in [4.69, 9.17) is 9.47 Å². The Morgan fingerprint density at radius 1 is 1.11 bits per heavy atom. The molecule has 1 aromatic heterocycles. The van der Waals surface area contributed by atoms with Gasteiger partial charge in [0.15, 0.2) is 0 Å². The Morgan fingerprint density at radius 3 is 2.54 bits per heavy atom. The second-order valence-electron chi connectivity index (χ2n) is 9.37. The van der Waals surface area contributed by atoms with Crippen LogP contribution in [0.15, 0.2) is 30.5 Å². The number of fused-ring (bicyclic) bond motifs is 1.